The molecule has 1 aromatic carbocycles. The summed E-state index contributed by atoms with van der Waals surface area (Å²) in [6.07, 6.45) is 1.81. The van der Waals surface area contributed by atoms with Gasteiger partial charge >= 0.3 is 0 Å². The summed E-state index contributed by atoms with van der Waals surface area (Å²) >= 11 is 0. The van der Waals surface area contributed by atoms with E-state index in [4.69, 9.17) is 9.47 Å². The third-order valence-electron chi connectivity index (χ3n) is 2.09. The molecule has 0 amide bonds. The average Bonchev–Trinajstić information content (AvgIpc) is 2.23. The maximum atomic E-state index is 13.2. The molecule has 0 saturated heterocycles. The van der Waals surface area contributed by atoms with Gasteiger partial charge in [0.15, 0.2) is 11.6 Å². The molecule has 0 heterocycles. The number of hydrogen-bond donors (Lipinski definition) is 0. The Bertz CT molecular complexity index is 300. The van der Waals surface area contributed by atoms with Crippen LogP contribution in [0.1, 0.15) is 18.4 Å². The van der Waals surface area contributed by atoms with Crippen molar-refractivity contribution in [2.45, 2.75) is 19.8 Å². The van der Waals surface area contributed by atoms with E-state index < -0.39 is 0 Å². The summed E-state index contributed by atoms with van der Waals surface area (Å²) in [6.45, 7) is 3.17. The molecule has 0 bridgehead atoms. The molecule has 0 saturated carbocycles. The normalized spacial score (nSPS) is 10.3. The van der Waals surface area contributed by atoms with Gasteiger partial charge in [0.1, 0.15) is 0 Å². The van der Waals surface area contributed by atoms with Gasteiger partial charge in [0.2, 0.25) is 0 Å². The smallest absolute Gasteiger partial charge is 0.165 e. The SMILES string of the molecule is COCCCCOc1cc(C)ccc1F. The topological polar surface area (TPSA) is 18.5 Å². The standard InChI is InChI=1S/C12H17FO2/c1-10-5-6-11(13)12(9-10)15-8-4-3-7-14-2/h5-6,9H,3-4,7-8H2,1-2H3. The molecule has 0 atom stereocenters. The quantitative estimate of drug-likeness (QED) is 0.675. The fourth-order valence-corrected chi connectivity index (χ4v) is 1.25. The number of ether oxygens (including phenoxy) is 2. The molecule has 0 aromatic heterocycles. The largest absolute Gasteiger partial charge is 0.491 e. The van der Waals surface area contributed by atoms with E-state index in [-0.39, 0.29) is 5.82 Å². The van der Waals surface area contributed by atoms with Crippen LogP contribution in [0.5, 0.6) is 5.75 Å². The minimum absolute atomic E-state index is 0.299. The van der Waals surface area contributed by atoms with Gasteiger partial charge in [0.05, 0.1) is 6.61 Å². The van der Waals surface area contributed by atoms with Crippen LogP contribution in [-0.2, 0) is 4.74 Å². The van der Waals surface area contributed by atoms with Gasteiger partial charge in [0, 0.05) is 13.7 Å². The van der Waals surface area contributed by atoms with Crippen molar-refractivity contribution >= 4 is 0 Å². The van der Waals surface area contributed by atoms with Crippen LogP contribution in [0.4, 0.5) is 4.39 Å². The first kappa shape index (κ1) is 12.0. The number of unbranched alkanes of at least 4 members (excludes halogenated alkanes) is 1. The maximum absolute atomic E-state index is 13.2. The third-order valence-corrected chi connectivity index (χ3v) is 2.09. The Morgan fingerprint density at radius 3 is 2.67 bits per heavy atom. The lowest BCUT2D eigenvalue weighted by atomic mass is 10.2. The van der Waals surface area contributed by atoms with Crippen molar-refractivity contribution in [1.82, 2.24) is 0 Å². The van der Waals surface area contributed by atoms with Crippen LogP contribution in [0, 0.1) is 12.7 Å². The van der Waals surface area contributed by atoms with Crippen LogP contribution in [0.3, 0.4) is 0 Å². The van der Waals surface area contributed by atoms with Crippen molar-refractivity contribution in [1.29, 1.82) is 0 Å². The summed E-state index contributed by atoms with van der Waals surface area (Å²) in [6, 6.07) is 4.87. The van der Waals surface area contributed by atoms with Gasteiger partial charge in [-0.3, -0.25) is 0 Å². The molecule has 2 nitrogen and oxygen atoms in total. The van der Waals surface area contributed by atoms with Crippen molar-refractivity contribution in [3.63, 3.8) is 0 Å². The van der Waals surface area contributed by atoms with Gasteiger partial charge in [0.25, 0.3) is 0 Å². The van der Waals surface area contributed by atoms with Crippen LogP contribution in [-0.4, -0.2) is 20.3 Å². The summed E-state index contributed by atoms with van der Waals surface area (Å²) in [4.78, 5) is 0. The molecule has 0 radical (unpaired) electrons. The number of hydrogen-bond acceptors (Lipinski definition) is 2. The van der Waals surface area contributed by atoms with Gasteiger partial charge in [-0.25, -0.2) is 4.39 Å². The predicted octanol–water partition coefficient (Wildman–Crippen LogP) is 2.94. The Morgan fingerprint density at radius 1 is 1.20 bits per heavy atom. The Labute approximate surface area is 90.0 Å². The second-order valence-electron chi connectivity index (χ2n) is 3.48. The molecule has 0 spiro atoms. The second kappa shape index (κ2) is 6.40. The summed E-state index contributed by atoms with van der Waals surface area (Å²) in [7, 11) is 1.67. The average molecular weight is 212 g/mol. The van der Waals surface area contributed by atoms with Gasteiger partial charge in [-0.15, -0.1) is 0 Å². The molecule has 1 aromatic rings. The predicted molar refractivity (Wildman–Crippen MR) is 57.7 cm³/mol. The van der Waals surface area contributed by atoms with Gasteiger partial charge < -0.3 is 9.47 Å². The highest BCUT2D eigenvalue weighted by atomic mass is 19.1. The summed E-state index contributed by atoms with van der Waals surface area (Å²) < 4.78 is 23.4. The lowest BCUT2D eigenvalue weighted by molar-refractivity contribution is 0.183. The number of methoxy groups -OCH3 is 1. The summed E-state index contributed by atoms with van der Waals surface area (Å²) in [5.41, 5.74) is 1.00. The molecule has 0 unspecified atom stereocenters. The zero-order valence-electron chi connectivity index (χ0n) is 9.25. The first-order valence-corrected chi connectivity index (χ1v) is 5.12. The van der Waals surface area contributed by atoms with Crippen molar-refractivity contribution < 1.29 is 13.9 Å². The molecular formula is C12H17FO2. The lowest BCUT2D eigenvalue weighted by Gasteiger charge is -2.07. The highest BCUT2D eigenvalue weighted by Gasteiger charge is 2.02. The van der Waals surface area contributed by atoms with Crippen LogP contribution in [0.15, 0.2) is 18.2 Å². The minimum Gasteiger partial charge on any atom is -0.491 e. The van der Waals surface area contributed by atoms with Crippen molar-refractivity contribution in [2.24, 2.45) is 0 Å². The zero-order valence-corrected chi connectivity index (χ0v) is 9.25. The molecule has 15 heavy (non-hydrogen) atoms. The van der Waals surface area contributed by atoms with Crippen LogP contribution in [0.2, 0.25) is 0 Å². The number of rotatable bonds is 6. The number of aryl methyl sites for hydroxylation is 1. The number of halogens is 1. The Balaban J connectivity index is 2.33. The van der Waals surface area contributed by atoms with Gasteiger partial charge in [-0.2, -0.15) is 0 Å². The van der Waals surface area contributed by atoms with Crippen LogP contribution in [0.25, 0.3) is 0 Å². The molecule has 0 aliphatic heterocycles. The second-order valence-corrected chi connectivity index (χ2v) is 3.48. The van der Waals surface area contributed by atoms with Crippen molar-refractivity contribution in [3.8, 4) is 5.75 Å². The summed E-state index contributed by atoms with van der Waals surface area (Å²) in [5.74, 6) is 0.0414. The molecule has 0 aliphatic rings. The highest BCUT2D eigenvalue weighted by molar-refractivity contribution is 5.29. The third kappa shape index (κ3) is 4.30. The summed E-state index contributed by atoms with van der Waals surface area (Å²) in [5, 5.41) is 0. The van der Waals surface area contributed by atoms with Gasteiger partial charge in [-0.05, 0) is 37.5 Å². The van der Waals surface area contributed by atoms with Crippen molar-refractivity contribution in [2.75, 3.05) is 20.3 Å². The van der Waals surface area contributed by atoms with Crippen LogP contribution >= 0.6 is 0 Å². The molecular weight excluding hydrogens is 195 g/mol. The molecule has 0 aliphatic carbocycles. The first-order chi connectivity index (χ1) is 7.24. The van der Waals surface area contributed by atoms with Gasteiger partial charge in [-0.1, -0.05) is 6.07 Å². The molecule has 3 heteroatoms. The monoisotopic (exact) mass is 212 g/mol. The highest BCUT2D eigenvalue weighted by Crippen LogP contribution is 2.18. The van der Waals surface area contributed by atoms with E-state index in [0.717, 1.165) is 25.0 Å². The minimum atomic E-state index is -0.299. The molecule has 0 fully saturated rings. The zero-order chi connectivity index (χ0) is 11.1. The van der Waals surface area contributed by atoms with E-state index in [1.54, 1.807) is 19.2 Å². The number of benzene rings is 1. The van der Waals surface area contributed by atoms with E-state index in [1.165, 1.54) is 6.07 Å². The van der Waals surface area contributed by atoms with E-state index in [9.17, 15) is 4.39 Å². The lowest BCUT2D eigenvalue weighted by Crippen LogP contribution is -2.01. The fourth-order valence-electron chi connectivity index (χ4n) is 1.25. The van der Waals surface area contributed by atoms with E-state index >= 15 is 0 Å². The Hall–Kier alpha value is -1.09. The molecule has 84 valence electrons. The van der Waals surface area contributed by atoms with E-state index in [0.29, 0.717) is 12.4 Å². The van der Waals surface area contributed by atoms with Crippen LogP contribution < -0.4 is 4.74 Å². The Kier molecular flexibility index (Phi) is 5.12. The Morgan fingerprint density at radius 2 is 1.93 bits per heavy atom. The molecule has 0 N–H and O–H groups in total. The fraction of sp³-hybridized carbons (Fsp3) is 0.500. The maximum Gasteiger partial charge on any atom is 0.165 e. The van der Waals surface area contributed by atoms with E-state index in [2.05, 4.69) is 0 Å². The first-order valence-electron chi connectivity index (χ1n) is 5.12. The van der Waals surface area contributed by atoms with E-state index in [1.807, 2.05) is 6.92 Å². The van der Waals surface area contributed by atoms with Crippen molar-refractivity contribution in [3.05, 3.63) is 29.6 Å². The molecule has 1 rings (SSSR count).